The fourth-order valence-corrected chi connectivity index (χ4v) is 1.35. The molecule has 0 saturated heterocycles. The predicted octanol–water partition coefficient (Wildman–Crippen LogP) is 0.841. The molecular weight excluding hydrogens is 288 g/mol. The molecule has 9 nitrogen and oxygen atoms in total. The lowest BCUT2D eigenvalue weighted by atomic mass is 10.1. The van der Waals surface area contributed by atoms with Crippen molar-refractivity contribution in [3.05, 3.63) is 34.9 Å². The Labute approximate surface area is 119 Å². The maximum Gasteiger partial charge on any atom is 0.373 e. The first-order chi connectivity index (χ1) is 10.0. The molecule has 21 heavy (non-hydrogen) atoms. The van der Waals surface area contributed by atoms with Crippen LogP contribution in [0.5, 0.6) is 0 Å². The number of benzene rings is 1. The molecule has 0 radical (unpaired) electrons. The van der Waals surface area contributed by atoms with Crippen molar-refractivity contribution in [2.75, 3.05) is 21.3 Å². The monoisotopic (exact) mass is 300 g/mol. The Hall–Kier alpha value is -2.49. The summed E-state index contributed by atoms with van der Waals surface area (Å²) >= 11 is 0. The van der Waals surface area contributed by atoms with Crippen molar-refractivity contribution in [3.8, 4) is 0 Å². The van der Waals surface area contributed by atoms with Crippen molar-refractivity contribution in [1.82, 2.24) is 0 Å². The van der Waals surface area contributed by atoms with Gasteiger partial charge in [-0.25, -0.2) is 14.4 Å². The summed E-state index contributed by atoms with van der Waals surface area (Å²) < 4.78 is 0. The number of hydrogen-bond acceptors (Lipinski definition) is 9. The van der Waals surface area contributed by atoms with Crippen LogP contribution in [0, 0.1) is 0 Å². The molecule has 0 heterocycles. The SMILES string of the molecule is COOC(=O)c1cc(C(=O)OOC)cc(C(=O)OOC)c1. The first kappa shape index (κ1) is 16.6. The average molecular weight is 300 g/mol. The standard InChI is InChI=1S/C12H12O9/c1-16-19-10(13)7-4-8(11(14)20-17-2)6-9(5-7)12(15)21-18-3/h4-6H,1-3H3. The van der Waals surface area contributed by atoms with Gasteiger partial charge in [0.25, 0.3) is 0 Å². The van der Waals surface area contributed by atoms with Crippen molar-refractivity contribution in [2.45, 2.75) is 0 Å². The van der Waals surface area contributed by atoms with E-state index in [1.807, 2.05) is 0 Å². The average Bonchev–Trinajstić information content (AvgIpc) is 2.47. The lowest BCUT2D eigenvalue weighted by Crippen LogP contribution is -2.12. The molecule has 0 bridgehead atoms. The Morgan fingerprint density at radius 3 is 1.05 bits per heavy atom. The van der Waals surface area contributed by atoms with Crippen LogP contribution in [0.25, 0.3) is 0 Å². The molecule has 0 aromatic heterocycles. The van der Waals surface area contributed by atoms with Crippen LogP contribution in [0.2, 0.25) is 0 Å². The van der Waals surface area contributed by atoms with Gasteiger partial charge in [-0.3, -0.25) is 14.7 Å². The van der Waals surface area contributed by atoms with Gasteiger partial charge < -0.3 is 0 Å². The molecule has 0 spiro atoms. The van der Waals surface area contributed by atoms with Crippen LogP contribution < -0.4 is 0 Å². The Kier molecular flexibility index (Phi) is 6.27. The molecule has 1 aromatic carbocycles. The van der Waals surface area contributed by atoms with Gasteiger partial charge in [-0.15, -0.1) is 0 Å². The molecule has 0 amide bonds. The summed E-state index contributed by atoms with van der Waals surface area (Å²) in [5, 5.41) is 0. The highest BCUT2D eigenvalue weighted by Gasteiger charge is 2.20. The second-order valence-electron chi connectivity index (χ2n) is 3.41. The highest BCUT2D eigenvalue weighted by Crippen LogP contribution is 2.14. The van der Waals surface area contributed by atoms with E-state index in [-0.39, 0.29) is 16.7 Å². The number of carbonyl (C=O) groups excluding carboxylic acids is 3. The normalized spacial score (nSPS) is 9.86. The Morgan fingerprint density at radius 1 is 0.619 bits per heavy atom. The van der Waals surface area contributed by atoms with Crippen molar-refractivity contribution < 1.29 is 43.7 Å². The molecule has 0 atom stereocenters. The minimum Gasteiger partial charge on any atom is -0.293 e. The van der Waals surface area contributed by atoms with E-state index < -0.39 is 17.9 Å². The third-order valence-electron chi connectivity index (χ3n) is 2.12. The minimum atomic E-state index is -0.920. The van der Waals surface area contributed by atoms with Crippen LogP contribution in [0.15, 0.2) is 18.2 Å². The molecule has 0 N–H and O–H groups in total. The molecule has 114 valence electrons. The summed E-state index contributed by atoms with van der Waals surface area (Å²) in [6.07, 6.45) is 0. The maximum absolute atomic E-state index is 11.6. The molecule has 0 saturated carbocycles. The fraction of sp³-hybridized carbons (Fsp3) is 0.250. The predicted molar refractivity (Wildman–Crippen MR) is 63.7 cm³/mol. The number of carbonyl (C=O) groups is 3. The first-order valence-corrected chi connectivity index (χ1v) is 5.43. The Morgan fingerprint density at radius 2 is 0.857 bits per heavy atom. The van der Waals surface area contributed by atoms with E-state index in [0.717, 1.165) is 39.5 Å². The van der Waals surface area contributed by atoms with E-state index in [2.05, 4.69) is 29.3 Å². The molecule has 0 aliphatic carbocycles. The lowest BCUT2D eigenvalue weighted by Gasteiger charge is -2.06. The number of hydrogen-bond donors (Lipinski definition) is 0. The van der Waals surface area contributed by atoms with Gasteiger partial charge in [0.15, 0.2) is 0 Å². The van der Waals surface area contributed by atoms with E-state index >= 15 is 0 Å². The molecule has 0 aliphatic rings. The molecule has 0 unspecified atom stereocenters. The topological polar surface area (TPSA) is 107 Å². The Bertz CT molecular complexity index is 449. The van der Waals surface area contributed by atoms with E-state index in [4.69, 9.17) is 0 Å². The van der Waals surface area contributed by atoms with Gasteiger partial charge in [-0.2, -0.15) is 14.7 Å². The third kappa shape index (κ3) is 4.53. The maximum atomic E-state index is 11.6. The summed E-state index contributed by atoms with van der Waals surface area (Å²) in [5.74, 6) is -2.76. The van der Waals surface area contributed by atoms with Gasteiger partial charge in [-0.05, 0) is 18.2 Å². The van der Waals surface area contributed by atoms with E-state index in [1.54, 1.807) is 0 Å². The quantitative estimate of drug-likeness (QED) is 0.557. The molecule has 0 aliphatic heterocycles. The van der Waals surface area contributed by atoms with Crippen molar-refractivity contribution in [2.24, 2.45) is 0 Å². The van der Waals surface area contributed by atoms with E-state index in [9.17, 15) is 14.4 Å². The van der Waals surface area contributed by atoms with E-state index in [1.165, 1.54) is 0 Å². The summed E-state index contributed by atoms with van der Waals surface area (Å²) in [4.78, 5) is 60.4. The minimum absolute atomic E-state index is 0.134. The highest BCUT2D eigenvalue weighted by molar-refractivity contribution is 6.00. The van der Waals surface area contributed by atoms with Gasteiger partial charge in [0.05, 0.1) is 38.0 Å². The van der Waals surface area contributed by atoms with Gasteiger partial charge in [0.1, 0.15) is 0 Å². The van der Waals surface area contributed by atoms with E-state index in [0.29, 0.717) is 0 Å². The summed E-state index contributed by atoms with van der Waals surface area (Å²) in [5.41, 5.74) is -0.402. The van der Waals surface area contributed by atoms with Gasteiger partial charge in [-0.1, -0.05) is 0 Å². The Balaban J connectivity index is 3.22. The van der Waals surface area contributed by atoms with Crippen LogP contribution in [0.1, 0.15) is 31.1 Å². The summed E-state index contributed by atoms with van der Waals surface area (Å²) in [6.45, 7) is 0. The zero-order valence-electron chi connectivity index (χ0n) is 11.4. The second-order valence-corrected chi connectivity index (χ2v) is 3.41. The van der Waals surface area contributed by atoms with Crippen molar-refractivity contribution >= 4 is 17.9 Å². The third-order valence-corrected chi connectivity index (χ3v) is 2.12. The van der Waals surface area contributed by atoms with Crippen LogP contribution in [0.3, 0.4) is 0 Å². The van der Waals surface area contributed by atoms with Crippen LogP contribution in [0.4, 0.5) is 0 Å². The van der Waals surface area contributed by atoms with Gasteiger partial charge >= 0.3 is 17.9 Å². The zero-order chi connectivity index (χ0) is 15.8. The lowest BCUT2D eigenvalue weighted by molar-refractivity contribution is -0.217. The fourth-order valence-electron chi connectivity index (χ4n) is 1.35. The summed E-state index contributed by atoms with van der Waals surface area (Å²) in [6, 6.07) is 3.39. The van der Waals surface area contributed by atoms with Gasteiger partial charge in [0, 0.05) is 0 Å². The van der Waals surface area contributed by atoms with Crippen LogP contribution in [-0.2, 0) is 29.3 Å². The number of rotatable bonds is 6. The first-order valence-electron chi connectivity index (χ1n) is 5.43. The summed E-state index contributed by atoms with van der Waals surface area (Å²) in [7, 11) is 3.38. The van der Waals surface area contributed by atoms with Gasteiger partial charge in [0.2, 0.25) is 0 Å². The smallest absolute Gasteiger partial charge is 0.293 e. The zero-order valence-corrected chi connectivity index (χ0v) is 11.4. The largest absolute Gasteiger partial charge is 0.373 e. The van der Waals surface area contributed by atoms with Crippen LogP contribution in [-0.4, -0.2) is 39.2 Å². The van der Waals surface area contributed by atoms with Crippen molar-refractivity contribution in [3.63, 3.8) is 0 Å². The molecule has 0 fully saturated rings. The molecular formula is C12H12O9. The van der Waals surface area contributed by atoms with Crippen molar-refractivity contribution in [1.29, 1.82) is 0 Å². The van der Waals surface area contributed by atoms with Crippen LogP contribution >= 0.6 is 0 Å². The molecule has 9 heteroatoms. The molecule has 1 aromatic rings. The highest BCUT2D eigenvalue weighted by atomic mass is 17.2. The molecule has 1 rings (SSSR count). The second kappa shape index (κ2) is 7.94.